The van der Waals surface area contributed by atoms with Crippen molar-refractivity contribution in [1.82, 2.24) is 4.90 Å². The maximum atomic E-state index is 12.5. The van der Waals surface area contributed by atoms with Crippen LogP contribution in [0.2, 0.25) is 0 Å². The van der Waals surface area contributed by atoms with Crippen molar-refractivity contribution in [2.24, 2.45) is 23.7 Å². The number of hydrogen-bond donors (Lipinski definition) is 0. The molecule has 2 amide bonds. The standard InChI is InChI=1S/C15H21NO4/c1-4-7-16-14(18)12-9(2)5-6-11(8-20-10(3)17)13(12)15(16)19/h5-6,9,11-13H,4,7-8H2,1-3H3/t9-,11-,12+,13-/m0/s1. The Balaban J connectivity index is 2.22. The Morgan fingerprint density at radius 2 is 1.90 bits per heavy atom. The van der Waals surface area contributed by atoms with Crippen LogP contribution < -0.4 is 0 Å². The van der Waals surface area contributed by atoms with E-state index < -0.39 is 0 Å². The predicted octanol–water partition coefficient (Wildman–Crippen LogP) is 1.38. The first-order valence-corrected chi connectivity index (χ1v) is 7.14. The third-order valence-electron chi connectivity index (χ3n) is 4.11. The normalized spacial score (nSPS) is 32.5. The number of ether oxygens (including phenoxy) is 1. The second-order valence-electron chi connectivity index (χ2n) is 5.59. The molecule has 1 aliphatic carbocycles. The van der Waals surface area contributed by atoms with E-state index in [9.17, 15) is 14.4 Å². The number of carbonyl (C=O) groups excluding carboxylic acids is 3. The van der Waals surface area contributed by atoms with E-state index in [4.69, 9.17) is 4.74 Å². The Morgan fingerprint density at radius 1 is 1.25 bits per heavy atom. The molecule has 2 rings (SSSR count). The van der Waals surface area contributed by atoms with Gasteiger partial charge < -0.3 is 4.74 Å². The molecule has 5 nitrogen and oxygen atoms in total. The molecule has 5 heteroatoms. The summed E-state index contributed by atoms with van der Waals surface area (Å²) in [5, 5.41) is 0. The Morgan fingerprint density at radius 3 is 2.50 bits per heavy atom. The van der Waals surface area contributed by atoms with Gasteiger partial charge in [-0.05, 0) is 12.3 Å². The first kappa shape index (κ1) is 14.8. The van der Waals surface area contributed by atoms with Crippen LogP contribution in [0.25, 0.3) is 0 Å². The maximum absolute atomic E-state index is 12.5. The van der Waals surface area contributed by atoms with E-state index in [0.29, 0.717) is 6.54 Å². The van der Waals surface area contributed by atoms with Crippen molar-refractivity contribution in [3.05, 3.63) is 12.2 Å². The van der Waals surface area contributed by atoms with Gasteiger partial charge in [-0.2, -0.15) is 0 Å². The number of likely N-dealkylation sites (tertiary alicyclic amines) is 1. The lowest BCUT2D eigenvalue weighted by Gasteiger charge is -2.29. The lowest BCUT2D eigenvalue weighted by atomic mass is 9.73. The number of fused-ring (bicyclic) bond motifs is 1. The SMILES string of the molecule is CCCN1C(=O)[C@@H]2[C@H](C1=O)[C@@H](C)C=C[C@H]2COC(C)=O. The number of carbonyl (C=O) groups is 3. The molecule has 20 heavy (non-hydrogen) atoms. The minimum absolute atomic E-state index is 0.0480. The summed E-state index contributed by atoms with van der Waals surface area (Å²) in [4.78, 5) is 37.2. The lowest BCUT2D eigenvalue weighted by Crippen LogP contribution is -2.35. The van der Waals surface area contributed by atoms with Crippen molar-refractivity contribution in [2.75, 3.05) is 13.2 Å². The van der Waals surface area contributed by atoms with Crippen LogP contribution in [0.1, 0.15) is 27.2 Å². The van der Waals surface area contributed by atoms with Crippen LogP contribution in [0.4, 0.5) is 0 Å². The van der Waals surface area contributed by atoms with Crippen LogP contribution in [-0.4, -0.2) is 35.8 Å². The number of allylic oxidation sites excluding steroid dienone is 1. The van der Waals surface area contributed by atoms with Gasteiger partial charge in [0.2, 0.25) is 11.8 Å². The van der Waals surface area contributed by atoms with Gasteiger partial charge in [-0.15, -0.1) is 0 Å². The lowest BCUT2D eigenvalue weighted by molar-refractivity contribution is -0.145. The number of amides is 2. The molecule has 0 spiro atoms. The van der Waals surface area contributed by atoms with E-state index in [1.165, 1.54) is 11.8 Å². The molecule has 0 radical (unpaired) electrons. The topological polar surface area (TPSA) is 63.7 Å². The molecule has 1 fully saturated rings. The Bertz CT molecular complexity index is 457. The number of esters is 1. The van der Waals surface area contributed by atoms with Crippen molar-refractivity contribution in [3.8, 4) is 0 Å². The van der Waals surface area contributed by atoms with E-state index in [1.807, 2.05) is 26.0 Å². The Hall–Kier alpha value is -1.65. The molecule has 110 valence electrons. The summed E-state index contributed by atoms with van der Waals surface area (Å²) in [6, 6.07) is 0. The van der Waals surface area contributed by atoms with E-state index >= 15 is 0 Å². The summed E-state index contributed by atoms with van der Waals surface area (Å²) < 4.78 is 5.03. The first-order chi connectivity index (χ1) is 9.47. The van der Waals surface area contributed by atoms with Gasteiger partial charge >= 0.3 is 5.97 Å². The summed E-state index contributed by atoms with van der Waals surface area (Å²) in [6.45, 7) is 5.88. The van der Waals surface area contributed by atoms with Gasteiger partial charge in [-0.1, -0.05) is 26.0 Å². The fourth-order valence-corrected chi connectivity index (χ4v) is 3.15. The molecule has 1 aliphatic heterocycles. The van der Waals surface area contributed by atoms with Crippen molar-refractivity contribution in [1.29, 1.82) is 0 Å². The summed E-state index contributed by atoms with van der Waals surface area (Å²) in [5.41, 5.74) is 0. The van der Waals surface area contributed by atoms with Gasteiger partial charge in [0, 0.05) is 19.4 Å². The van der Waals surface area contributed by atoms with Crippen LogP contribution >= 0.6 is 0 Å². The number of imide groups is 1. The van der Waals surface area contributed by atoms with E-state index in [2.05, 4.69) is 0 Å². The maximum Gasteiger partial charge on any atom is 0.302 e. The fraction of sp³-hybridized carbons (Fsp3) is 0.667. The summed E-state index contributed by atoms with van der Waals surface area (Å²) in [5.74, 6) is -1.39. The second-order valence-corrected chi connectivity index (χ2v) is 5.59. The van der Waals surface area contributed by atoms with Gasteiger partial charge in [0.25, 0.3) is 0 Å². The summed E-state index contributed by atoms with van der Waals surface area (Å²) >= 11 is 0. The summed E-state index contributed by atoms with van der Waals surface area (Å²) in [6.07, 6.45) is 4.62. The van der Waals surface area contributed by atoms with E-state index in [1.54, 1.807) is 0 Å². The van der Waals surface area contributed by atoms with Crippen molar-refractivity contribution in [3.63, 3.8) is 0 Å². The van der Waals surface area contributed by atoms with Crippen molar-refractivity contribution >= 4 is 17.8 Å². The molecule has 1 saturated heterocycles. The Kier molecular flexibility index (Phi) is 4.26. The molecule has 1 heterocycles. The number of nitrogens with zero attached hydrogens (tertiary/aromatic N) is 1. The fourth-order valence-electron chi connectivity index (χ4n) is 3.15. The molecule has 0 N–H and O–H groups in total. The van der Waals surface area contributed by atoms with Gasteiger partial charge in [-0.25, -0.2) is 0 Å². The van der Waals surface area contributed by atoms with Crippen molar-refractivity contribution in [2.45, 2.75) is 27.2 Å². The van der Waals surface area contributed by atoms with Crippen LogP contribution in [-0.2, 0) is 19.1 Å². The highest BCUT2D eigenvalue weighted by Crippen LogP contribution is 2.41. The Labute approximate surface area is 119 Å². The zero-order valence-electron chi connectivity index (χ0n) is 12.2. The van der Waals surface area contributed by atoms with Gasteiger partial charge in [0.15, 0.2) is 0 Å². The predicted molar refractivity (Wildman–Crippen MR) is 72.4 cm³/mol. The van der Waals surface area contributed by atoms with Crippen LogP contribution in [0, 0.1) is 23.7 Å². The highest BCUT2D eigenvalue weighted by atomic mass is 16.5. The van der Waals surface area contributed by atoms with Gasteiger partial charge in [-0.3, -0.25) is 19.3 Å². The average Bonchev–Trinajstić information content (AvgIpc) is 2.64. The molecule has 0 aromatic rings. The minimum atomic E-state index is -0.381. The largest absolute Gasteiger partial charge is 0.465 e. The monoisotopic (exact) mass is 279 g/mol. The molecule has 0 bridgehead atoms. The molecular formula is C15H21NO4. The molecule has 2 aliphatic rings. The number of rotatable bonds is 4. The van der Waals surface area contributed by atoms with Crippen LogP contribution in [0.15, 0.2) is 12.2 Å². The minimum Gasteiger partial charge on any atom is -0.465 e. The van der Waals surface area contributed by atoms with E-state index in [-0.39, 0.29) is 48.1 Å². The van der Waals surface area contributed by atoms with Crippen molar-refractivity contribution < 1.29 is 19.1 Å². The van der Waals surface area contributed by atoms with Gasteiger partial charge in [0.1, 0.15) is 0 Å². The zero-order chi connectivity index (χ0) is 14.9. The average molecular weight is 279 g/mol. The highest BCUT2D eigenvalue weighted by Gasteiger charge is 2.53. The third-order valence-corrected chi connectivity index (χ3v) is 4.11. The second kappa shape index (κ2) is 5.77. The first-order valence-electron chi connectivity index (χ1n) is 7.14. The smallest absolute Gasteiger partial charge is 0.302 e. The van der Waals surface area contributed by atoms with Crippen LogP contribution in [0.3, 0.4) is 0 Å². The molecule has 0 unspecified atom stereocenters. The molecule has 0 aromatic heterocycles. The molecule has 0 aromatic carbocycles. The number of hydrogen-bond acceptors (Lipinski definition) is 4. The van der Waals surface area contributed by atoms with Gasteiger partial charge in [0.05, 0.1) is 18.4 Å². The summed E-state index contributed by atoms with van der Waals surface area (Å²) in [7, 11) is 0. The molecule has 4 atom stereocenters. The molecule has 0 saturated carbocycles. The third kappa shape index (κ3) is 2.49. The van der Waals surface area contributed by atoms with Crippen LogP contribution in [0.5, 0.6) is 0 Å². The van der Waals surface area contributed by atoms with E-state index in [0.717, 1.165) is 6.42 Å². The quantitative estimate of drug-likeness (QED) is 0.443. The zero-order valence-corrected chi connectivity index (χ0v) is 12.2. The molecular weight excluding hydrogens is 258 g/mol. The highest BCUT2D eigenvalue weighted by molar-refractivity contribution is 6.05.